The average molecular weight is 387 g/mol. The molecule has 5 nitrogen and oxygen atoms in total. The Morgan fingerprint density at radius 3 is 2.63 bits per heavy atom. The first-order valence-electron chi connectivity index (χ1n) is 8.98. The second-order valence-corrected chi connectivity index (χ2v) is 7.52. The van der Waals surface area contributed by atoms with Gasteiger partial charge in [0.1, 0.15) is 5.75 Å². The highest BCUT2D eigenvalue weighted by Gasteiger charge is 2.39. The van der Waals surface area contributed by atoms with Gasteiger partial charge >= 0.3 is 0 Å². The summed E-state index contributed by atoms with van der Waals surface area (Å²) in [4.78, 5) is 26.4. The molecule has 1 saturated heterocycles. The number of halogens is 1. The van der Waals surface area contributed by atoms with Crippen LogP contribution in [0.15, 0.2) is 54.6 Å². The number of nitrogens with zero attached hydrogens (tertiary/aromatic N) is 1. The van der Waals surface area contributed by atoms with E-state index in [4.69, 9.17) is 22.1 Å². The zero-order valence-electron chi connectivity index (χ0n) is 15.1. The Labute approximate surface area is 164 Å². The van der Waals surface area contributed by atoms with Gasteiger partial charge in [-0.25, -0.2) is 0 Å². The second-order valence-electron chi connectivity index (χ2n) is 7.09. The molecular weight excluding hydrogens is 364 g/mol. The van der Waals surface area contributed by atoms with Crippen LogP contribution in [0.3, 0.4) is 0 Å². The lowest BCUT2D eigenvalue weighted by Crippen LogP contribution is -2.50. The lowest BCUT2D eigenvalue weighted by atomic mass is 9.77. The van der Waals surface area contributed by atoms with Gasteiger partial charge in [-0.3, -0.25) is 9.59 Å². The first-order chi connectivity index (χ1) is 13.0. The summed E-state index contributed by atoms with van der Waals surface area (Å²) < 4.78 is 5.93. The van der Waals surface area contributed by atoms with Crippen LogP contribution < -0.4 is 10.5 Å². The summed E-state index contributed by atoms with van der Waals surface area (Å²) in [5, 5.41) is 0.584. The smallest absolute Gasteiger partial charge is 0.253 e. The lowest BCUT2D eigenvalue weighted by Gasteiger charge is -2.42. The van der Waals surface area contributed by atoms with Gasteiger partial charge in [-0.15, -0.1) is 0 Å². The van der Waals surface area contributed by atoms with E-state index in [9.17, 15) is 9.59 Å². The van der Waals surface area contributed by atoms with Crippen LogP contribution in [0.5, 0.6) is 5.75 Å². The average Bonchev–Trinajstić information content (AvgIpc) is 2.66. The molecule has 0 aliphatic carbocycles. The fourth-order valence-corrected chi connectivity index (χ4v) is 3.80. The Balaban J connectivity index is 1.76. The Kier molecular flexibility index (Phi) is 6.01. The van der Waals surface area contributed by atoms with Crippen molar-refractivity contribution in [3.63, 3.8) is 0 Å². The minimum atomic E-state index is -0.503. The maximum Gasteiger partial charge on any atom is 0.253 e. The number of primary amides is 1. The van der Waals surface area contributed by atoms with Gasteiger partial charge in [0.15, 0.2) is 0 Å². The van der Waals surface area contributed by atoms with Gasteiger partial charge in [0.2, 0.25) is 5.91 Å². The van der Waals surface area contributed by atoms with E-state index in [1.54, 1.807) is 29.2 Å². The fraction of sp³-hybridized carbons (Fsp3) is 0.333. The molecule has 2 N–H and O–H groups in total. The van der Waals surface area contributed by atoms with E-state index in [2.05, 4.69) is 0 Å². The number of amides is 2. The summed E-state index contributed by atoms with van der Waals surface area (Å²) in [6.45, 7) is 1.39. The maximum atomic E-state index is 12.8. The van der Waals surface area contributed by atoms with Gasteiger partial charge < -0.3 is 15.4 Å². The van der Waals surface area contributed by atoms with Crippen molar-refractivity contribution >= 4 is 23.4 Å². The van der Waals surface area contributed by atoms with Gasteiger partial charge in [0, 0.05) is 35.5 Å². The molecule has 3 rings (SSSR count). The minimum Gasteiger partial charge on any atom is -0.493 e. The molecule has 6 heteroatoms. The topological polar surface area (TPSA) is 72.6 Å². The molecule has 2 aromatic carbocycles. The molecule has 0 saturated carbocycles. The molecule has 1 atom stereocenters. The second kappa shape index (κ2) is 8.44. The molecule has 0 aromatic heterocycles. The third-order valence-corrected chi connectivity index (χ3v) is 5.09. The van der Waals surface area contributed by atoms with Crippen molar-refractivity contribution in [1.29, 1.82) is 0 Å². The molecule has 27 heavy (non-hydrogen) atoms. The number of benzene rings is 2. The zero-order chi connectivity index (χ0) is 19.3. The predicted molar refractivity (Wildman–Crippen MR) is 105 cm³/mol. The number of rotatable bonds is 6. The Morgan fingerprint density at radius 2 is 1.93 bits per heavy atom. The van der Waals surface area contributed by atoms with Crippen molar-refractivity contribution in [1.82, 2.24) is 4.90 Å². The van der Waals surface area contributed by atoms with E-state index in [0.717, 1.165) is 12.8 Å². The molecule has 1 aliphatic rings. The number of nitrogens with two attached hydrogens (primary N) is 1. The number of hydrogen-bond donors (Lipinski definition) is 1. The summed E-state index contributed by atoms with van der Waals surface area (Å²) in [5.74, 6) is 0.212. The first-order valence-corrected chi connectivity index (χ1v) is 9.36. The van der Waals surface area contributed by atoms with Crippen molar-refractivity contribution in [3.05, 3.63) is 65.2 Å². The molecule has 1 aliphatic heterocycles. The summed E-state index contributed by atoms with van der Waals surface area (Å²) in [7, 11) is 0. The number of hydrogen-bond acceptors (Lipinski definition) is 3. The lowest BCUT2D eigenvalue weighted by molar-refractivity contribution is -0.122. The van der Waals surface area contributed by atoms with Crippen molar-refractivity contribution in [3.8, 4) is 5.75 Å². The normalized spacial score (nSPS) is 19.5. The first kappa shape index (κ1) is 19.2. The summed E-state index contributed by atoms with van der Waals surface area (Å²) in [6.07, 6.45) is 1.74. The number of carbonyl (C=O) groups excluding carboxylic acids is 2. The van der Waals surface area contributed by atoms with Crippen molar-refractivity contribution in [2.24, 2.45) is 11.1 Å². The van der Waals surface area contributed by atoms with Crippen molar-refractivity contribution in [2.75, 3.05) is 19.7 Å². The molecule has 142 valence electrons. The Morgan fingerprint density at radius 1 is 1.15 bits per heavy atom. The van der Waals surface area contributed by atoms with Crippen molar-refractivity contribution in [2.45, 2.75) is 19.3 Å². The van der Waals surface area contributed by atoms with Crippen molar-refractivity contribution < 1.29 is 14.3 Å². The Hall–Kier alpha value is -2.53. The number of likely N-dealkylation sites (tertiary alicyclic amines) is 1. The summed E-state index contributed by atoms with van der Waals surface area (Å²) >= 11 is 6.01. The molecule has 0 spiro atoms. The van der Waals surface area contributed by atoms with E-state index in [1.165, 1.54) is 0 Å². The van der Waals surface area contributed by atoms with E-state index in [-0.39, 0.29) is 12.3 Å². The van der Waals surface area contributed by atoms with Gasteiger partial charge in [-0.2, -0.15) is 0 Å². The predicted octanol–water partition coefficient (Wildman–Crippen LogP) is 3.52. The quantitative estimate of drug-likeness (QED) is 0.825. The monoisotopic (exact) mass is 386 g/mol. The molecule has 0 radical (unpaired) electrons. The van der Waals surface area contributed by atoms with Crippen LogP contribution >= 0.6 is 11.6 Å². The van der Waals surface area contributed by atoms with Crippen LogP contribution in [0.25, 0.3) is 0 Å². The largest absolute Gasteiger partial charge is 0.493 e. The summed E-state index contributed by atoms with van der Waals surface area (Å²) in [6, 6.07) is 16.3. The van der Waals surface area contributed by atoms with Crippen LogP contribution in [0, 0.1) is 5.41 Å². The van der Waals surface area contributed by atoms with Crippen LogP contribution in [0.1, 0.15) is 29.6 Å². The molecule has 1 fully saturated rings. The SMILES string of the molecule is NC(=O)C[C@@]1(COc2cccc(Cl)c2)CCCN(C(=O)c2ccccc2)C1. The molecular formula is C21H23ClN2O3. The van der Waals surface area contributed by atoms with Crippen LogP contribution in [0.2, 0.25) is 5.02 Å². The highest BCUT2D eigenvalue weighted by molar-refractivity contribution is 6.30. The molecule has 0 unspecified atom stereocenters. The molecule has 2 amide bonds. The zero-order valence-corrected chi connectivity index (χ0v) is 15.8. The van der Waals surface area contributed by atoms with Gasteiger partial charge in [0.05, 0.1) is 6.61 Å². The standard InChI is InChI=1S/C21H23ClN2O3/c22-17-8-4-9-18(12-17)27-15-21(13-19(23)25)10-5-11-24(14-21)20(26)16-6-2-1-3-7-16/h1-4,6-9,12H,5,10-11,13-15H2,(H2,23,25)/t21-/m0/s1. The third kappa shape index (κ3) is 5.01. The minimum absolute atomic E-state index is 0.0353. The molecule has 0 bridgehead atoms. The van der Waals surface area contributed by atoms with Crippen LogP contribution in [-0.2, 0) is 4.79 Å². The number of ether oxygens (including phenoxy) is 1. The maximum absolute atomic E-state index is 12.8. The van der Waals surface area contributed by atoms with E-state index in [0.29, 0.717) is 36.0 Å². The van der Waals surface area contributed by atoms with Crippen LogP contribution in [0.4, 0.5) is 0 Å². The third-order valence-electron chi connectivity index (χ3n) is 4.86. The Bertz CT molecular complexity index is 812. The molecule has 1 heterocycles. The number of carbonyl (C=O) groups is 2. The van der Waals surface area contributed by atoms with E-state index >= 15 is 0 Å². The van der Waals surface area contributed by atoms with Gasteiger partial charge in [-0.1, -0.05) is 35.9 Å². The van der Waals surface area contributed by atoms with E-state index in [1.807, 2.05) is 30.3 Å². The number of piperidine rings is 1. The van der Waals surface area contributed by atoms with Crippen LogP contribution in [-0.4, -0.2) is 36.4 Å². The van der Waals surface area contributed by atoms with Gasteiger partial charge in [0.25, 0.3) is 5.91 Å². The molecule has 2 aromatic rings. The highest BCUT2D eigenvalue weighted by atomic mass is 35.5. The fourth-order valence-electron chi connectivity index (χ4n) is 3.62. The van der Waals surface area contributed by atoms with Gasteiger partial charge in [-0.05, 0) is 43.2 Å². The summed E-state index contributed by atoms with van der Waals surface area (Å²) in [5.41, 5.74) is 5.65. The van der Waals surface area contributed by atoms with E-state index < -0.39 is 11.3 Å². The highest BCUT2D eigenvalue weighted by Crippen LogP contribution is 2.35.